The Kier molecular flexibility index (Phi) is 4.42. The van der Waals surface area contributed by atoms with Crippen LogP contribution in [0.3, 0.4) is 0 Å². The van der Waals surface area contributed by atoms with E-state index in [1.807, 2.05) is 50.2 Å². The number of imidazole rings is 1. The van der Waals surface area contributed by atoms with E-state index in [1.54, 1.807) is 0 Å². The molecule has 0 atom stereocenters. The second kappa shape index (κ2) is 6.65. The van der Waals surface area contributed by atoms with E-state index in [0.717, 1.165) is 46.5 Å². The zero-order chi connectivity index (χ0) is 16.2. The standard InChI is InChI=1S/C19H21N3O/c1-13-10-14(2)12-15(11-13)20-19(23)9-5-8-18-21-16-6-3-4-7-17(16)22-18/h3-4,6-7,10-12H,5,8-9H2,1-2H3,(H,20,23)(H,21,22). The maximum Gasteiger partial charge on any atom is 0.224 e. The second-order valence-corrected chi connectivity index (χ2v) is 5.98. The van der Waals surface area contributed by atoms with E-state index in [9.17, 15) is 4.79 Å². The summed E-state index contributed by atoms with van der Waals surface area (Å²) >= 11 is 0. The van der Waals surface area contributed by atoms with Gasteiger partial charge in [0.1, 0.15) is 5.82 Å². The Morgan fingerprint density at radius 2 is 1.87 bits per heavy atom. The molecule has 1 aromatic heterocycles. The van der Waals surface area contributed by atoms with Gasteiger partial charge in [-0.3, -0.25) is 4.79 Å². The average Bonchev–Trinajstić information content (AvgIpc) is 2.88. The highest BCUT2D eigenvalue weighted by molar-refractivity contribution is 5.90. The summed E-state index contributed by atoms with van der Waals surface area (Å²) in [4.78, 5) is 19.9. The molecule has 0 fully saturated rings. The maximum absolute atomic E-state index is 12.1. The minimum Gasteiger partial charge on any atom is -0.342 e. The van der Waals surface area contributed by atoms with Gasteiger partial charge in [0, 0.05) is 18.5 Å². The van der Waals surface area contributed by atoms with Crippen molar-refractivity contribution >= 4 is 22.6 Å². The van der Waals surface area contributed by atoms with Gasteiger partial charge in [-0.2, -0.15) is 0 Å². The number of aryl methyl sites for hydroxylation is 3. The monoisotopic (exact) mass is 307 g/mol. The molecule has 118 valence electrons. The van der Waals surface area contributed by atoms with Crippen LogP contribution in [0.2, 0.25) is 0 Å². The van der Waals surface area contributed by atoms with Gasteiger partial charge in [0.25, 0.3) is 0 Å². The predicted molar refractivity (Wildman–Crippen MR) is 93.6 cm³/mol. The smallest absolute Gasteiger partial charge is 0.224 e. The number of H-pyrrole nitrogens is 1. The van der Waals surface area contributed by atoms with Gasteiger partial charge in [-0.25, -0.2) is 4.98 Å². The third-order valence-electron chi connectivity index (χ3n) is 3.76. The number of hydrogen-bond acceptors (Lipinski definition) is 2. The molecule has 4 nitrogen and oxygen atoms in total. The van der Waals surface area contributed by atoms with Crippen LogP contribution in [0.4, 0.5) is 5.69 Å². The predicted octanol–water partition coefficient (Wildman–Crippen LogP) is 4.14. The third kappa shape index (κ3) is 3.97. The van der Waals surface area contributed by atoms with Gasteiger partial charge >= 0.3 is 0 Å². The van der Waals surface area contributed by atoms with E-state index < -0.39 is 0 Å². The molecule has 0 unspecified atom stereocenters. The summed E-state index contributed by atoms with van der Waals surface area (Å²) in [7, 11) is 0. The van der Waals surface area contributed by atoms with Crippen LogP contribution in [0.5, 0.6) is 0 Å². The first-order valence-corrected chi connectivity index (χ1v) is 7.92. The Morgan fingerprint density at radius 3 is 2.61 bits per heavy atom. The number of fused-ring (bicyclic) bond motifs is 1. The lowest BCUT2D eigenvalue weighted by molar-refractivity contribution is -0.116. The van der Waals surface area contributed by atoms with Gasteiger partial charge < -0.3 is 10.3 Å². The molecule has 0 saturated carbocycles. The minimum atomic E-state index is 0.0473. The van der Waals surface area contributed by atoms with Crippen LogP contribution in [-0.4, -0.2) is 15.9 Å². The van der Waals surface area contributed by atoms with Crippen molar-refractivity contribution < 1.29 is 4.79 Å². The van der Waals surface area contributed by atoms with Gasteiger partial charge in [0.2, 0.25) is 5.91 Å². The highest BCUT2D eigenvalue weighted by Gasteiger charge is 2.06. The Labute approximate surface area is 136 Å². The van der Waals surface area contributed by atoms with Crippen molar-refractivity contribution in [2.45, 2.75) is 33.1 Å². The zero-order valence-corrected chi connectivity index (χ0v) is 13.5. The Bertz CT molecular complexity index is 782. The average molecular weight is 307 g/mol. The van der Waals surface area contributed by atoms with Crippen molar-refractivity contribution in [1.82, 2.24) is 9.97 Å². The summed E-state index contributed by atoms with van der Waals surface area (Å²) in [6.45, 7) is 4.06. The number of carbonyl (C=O) groups excluding carboxylic acids is 1. The lowest BCUT2D eigenvalue weighted by Gasteiger charge is -2.07. The molecule has 0 aliphatic rings. The van der Waals surface area contributed by atoms with Gasteiger partial charge in [0.15, 0.2) is 0 Å². The van der Waals surface area contributed by atoms with Crippen LogP contribution < -0.4 is 5.32 Å². The van der Waals surface area contributed by atoms with Crippen LogP contribution in [0.25, 0.3) is 11.0 Å². The van der Waals surface area contributed by atoms with E-state index in [1.165, 1.54) is 0 Å². The first kappa shape index (κ1) is 15.3. The molecule has 0 radical (unpaired) electrons. The summed E-state index contributed by atoms with van der Waals surface area (Å²) in [6.07, 6.45) is 2.04. The fraction of sp³-hybridized carbons (Fsp3) is 0.263. The van der Waals surface area contributed by atoms with Crippen molar-refractivity contribution in [3.8, 4) is 0 Å². The maximum atomic E-state index is 12.1. The Morgan fingerprint density at radius 1 is 1.13 bits per heavy atom. The molecular formula is C19H21N3O. The van der Waals surface area contributed by atoms with Crippen molar-refractivity contribution in [2.75, 3.05) is 5.32 Å². The van der Waals surface area contributed by atoms with E-state index in [-0.39, 0.29) is 5.91 Å². The van der Waals surface area contributed by atoms with Crippen LogP contribution >= 0.6 is 0 Å². The lowest BCUT2D eigenvalue weighted by Crippen LogP contribution is -2.11. The number of benzene rings is 2. The number of nitrogens with one attached hydrogen (secondary N) is 2. The molecule has 1 heterocycles. The van der Waals surface area contributed by atoms with E-state index in [4.69, 9.17) is 0 Å². The van der Waals surface area contributed by atoms with Gasteiger partial charge in [0.05, 0.1) is 11.0 Å². The fourth-order valence-corrected chi connectivity index (χ4v) is 2.81. The van der Waals surface area contributed by atoms with Crippen LogP contribution in [0, 0.1) is 13.8 Å². The minimum absolute atomic E-state index is 0.0473. The summed E-state index contributed by atoms with van der Waals surface area (Å²) in [5.74, 6) is 0.983. The highest BCUT2D eigenvalue weighted by atomic mass is 16.1. The zero-order valence-electron chi connectivity index (χ0n) is 13.5. The number of hydrogen-bond donors (Lipinski definition) is 2. The largest absolute Gasteiger partial charge is 0.342 e. The number of aromatic nitrogens is 2. The molecule has 0 spiro atoms. The van der Waals surface area contributed by atoms with Gasteiger partial charge in [-0.05, 0) is 55.7 Å². The number of amides is 1. The van der Waals surface area contributed by atoms with Crippen molar-refractivity contribution in [1.29, 1.82) is 0 Å². The van der Waals surface area contributed by atoms with E-state index in [0.29, 0.717) is 6.42 Å². The topological polar surface area (TPSA) is 57.8 Å². The van der Waals surface area contributed by atoms with Crippen LogP contribution in [-0.2, 0) is 11.2 Å². The summed E-state index contributed by atoms with van der Waals surface area (Å²) in [6, 6.07) is 14.0. The lowest BCUT2D eigenvalue weighted by atomic mass is 10.1. The number of aromatic amines is 1. The molecule has 0 aliphatic carbocycles. The normalized spacial score (nSPS) is 10.9. The molecule has 0 bridgehead atoms. The first-order chi connectivity index (χ1) is 11.1. The van der Waals surface area contributed by atoms with E-state index in [2.05, 4.69) is 21.4 Å². The Hall–Kier alpha value is -2.62. The highest BCUT2D eigenvalue weighted by Crippen LogP contribution is 2.15. The van der Waals surface area contributed by atoms with Crippen molar-refractivity contribution in [2.24, 2.45) is 0 Å². The summed E-state index contributed by atoms with van der Waals surface area (Å²) in [5.41, 5.74) is 5.20. The van der Waals surface area contributed by atoms with E-state index >= 15 is 0 Å². The quantitative estimate of drug-likeness (QED) is 0.744. The molecule has 0 saturated heterocycles. The SMILES string of the molecule is Cc1cc(C)cc(NC(=O)CCCc2nc3ccccc3[nH]2)c1. The molecule has 4 heteroatoms. The fourth-order valence-electron chi connectivity index (χ4n) is 2.81. The molecule has 3 aromatic rings. The molecule has 23 heavy (non-hydrogen) atoms. The number of anilines is 1. The molecule has 1 amide bonds. The second-order valence-electron chi connectivity index (χ2n) is 5.98. The van der Waals surface area contributed by atoms with Crippen LogP contribution in [0.1, 0.15) is 29.8 Å². The van der Waals surface area contributed by atoms with Gasteiger partial charge in [-0.15, -0.1) is 0 Å². The number of para-hydroxylation sites is 2. The summed E-state index contributed by atoms with van der Waals surface area (Å²) in [5, 5.41) is 2.97. The van der Waals surface area contributed by atoms with Crippen LogP contribution in [0.15, 0.2) is 42.5 Å². The molecular weight excluding hydrogens is 286 g/mol. The molecule has 2 aromatic carbocycles. The number of nitrogens with zero attached hydrogens (tertiary/aromatic N) is 1. The van der Waals surface area contributed by atoms with Gasteiger partial charge in [-0.1, -0.05) is 18.2 Å². The first-order valence-electron chi connectivity index (χ1n) is 7.92. The van der Waals surface area contributed by atoms with Crippen molar-refractivity contribution in [3.05, 3.63) is 59.4 Å². The molecule has 3 rings (SSSR count). The third-order valence-corrected chi connectivity index (χ3v) is 3.76. The number of rotatable bonds is 5. The number of carbonyl (C=O) groups is 1. The molecule has 2 N–H and O–H groups in total. The Balaban J connectivity index is 1.52. The molecule has 0 aliphatic heterocycles. The summed E-state index contributed by atoms with van der Waals surface area (Å²) < 4.78 is 0. The van der Waals surface area contributed by atoms with Crippen molar-refractivity contribution in [3.63, 3.8) is 0 Å².